The van der Waals surface area contributed by atoms with Crippen molar-refractivity contribution in [3.63, 3.8) is 0 Å². The molecule has 0 atom stereocenters. The Balaban J connectivity index is 2.20. The average molecular weight is 404 g/mol. The third-order valence-corrected chi connectivity index (χ3v) is 4.54. The van der Waals surface area contributed by atoms with Gasteiger partial charge in [-0.3, -0.25) is 13.9 Å². The van der Waals surface area contributed by atoms with E-state index >= 15 is 0 Å². The van der Waals surface area contributed by atoms with Gasteiger partial charge < -0.3 is 0 Å². The molecule has 0 amide bonds. The molecule has 0 radical (unpaired) electrons. The van der Waals surface area contributed by atoms with Crippen LogP contribution in [-0.2, 0) is 19.8 Å². The Morgan fingerprint density at radius 2 is 1.77 bits per heavy atom. The standard InChI is InChI=1S/C16H10Cl2F3N3O2/c1-23-13-9(3-5-12(22-13)16(19,20)21)14(25)24(15(23)26)7-8-2-4-10(17)11(18)6-8/h2-6H,7H2,1H3. The van der Waals surface area contributed by atoms with Crippen LogP contribution in [0.5, 0.6) is 0 Å². The maximum Gasteiger partial charge on any atom is 0.433 e. The second kappa shape index (κ2) is 6.44. The molecule has 0 aliphatic carbocycles. The maximum absolute atomic E-state index is 12.8. The molecule has 2 heterocycles. The molecule has 2 aromatic heterocycles. The monoisotopic (exact) mass is 403 g/mol. The zero-order chi connectivity index (χ0) is 19.2. The first kappa shape index (κ1) is 18.5. The van der Waals surface area contributed by atoms with Crippen LogP contribution < -0.4 is 11.2 Å². The van der Waals surface area contributed by atoms with Crippen LogP contribution in [0.4, 0.5) is 13.2 Å². The minimum absolute atomic E-state index is 0.0971. The Morgan fingerprint density at radius 3 is 2.38 bits per heavy atom. The van der Waals surface area contributed by atoms with Gasteiger partial charge in [-0.1, -0.05) is 29.3 Å². The molecule has 0 aliphatic heterocycles. The van der Waals surface area contributed by atoms with Gasteiger partial charge in [-0.2, -0.15) is 13.2 Å². The Labute approximate surface area is 154 Å². The van der Waals surface area contributed by atoms with E-state index in [2.05, 4.69) is 4.98 Å². The summed E-state index contributed by atoms with van der Waals surface area (Å²) in [4.78, 5) is 28.5. The molecule has 26 heavy (non-hydrogen) atoms. The summed E-state index contributed by atoms with van der Waals surface area (Å²) in [5.74, 6) is 0. The van der Waals surface area contributed by atoms with E-state index in [1.54, 1.807) is 6.07 Å². The summed E-state index contributed by atoms with van der Waals surface area (Å²) < 4.78 is 40.3. The van der Waals surface area contributed by atoms with Crippen molar-refractivity contribution in [2.45, 2.75) is 12.7 Å². The fourth-order valence-electron chi connectivity index (χ4n) is 2.49. The van der Waals surface area contributed by atoms with Crippen molar-refractivity contribution in [1.82, 2.24) is 14.1 Å². The molecule has 0 aliphatic rings. The summed E-state index contributed by atoms with van der Waals surface area (Å²) in [5, 5.41) is 0.476. The van der Waals surface area contributed by atoms with Crippen molar-refractivity contribution < 1.29 is 13.2 Å². The van der Waals surface area contributed by atoms with Crippen LogP contribution in [0, 0.1) is 0 Å². The van der Waals surface area contributed by atoms with Gasteiger partial charge in [-0.25, -0.2) is 9.78 Å². The van der Waals surface area contributed by atoms with E-state index in [1.807, 2.05) is 0 Å². The summed E-state index contributed by atoms with van der Waals surface area (Å²) in [7, 11) is 1.25. The number of alkyl halides is 3. The SMILES string of the molecule is Cn1c(=O)n(Cc2ccc(Cl)c(Cl)c2)c(=O)c2ccc(C(F)(F)F)nc21. The van der Waals surface area contributed by atoms with Gasteiger partial charge in [0.05, 0.1) is 22.0 Å². The van der Waals surface area contributed by atoms with Gasteiger partial charge in [-0.15, -0.1) is 0 Å². The second-order valence-corrected chi connectivity index (χ2v) is 6.36. The number of nitrogens with zero attached hydrogens (tertiary/aromatic N) is 3. The highest BCUT2D eigenvalue weighted by Gasteiger charge is 2.33. The number of rotatable bonds is 2. The minimum atomic E-state index is -4.68. The molecular weight excluding hydrogens is 394 g/mol. The molecule has 0 bridgehead atoms. The molecule has 0 saturated heterocycles. The largest absolute Gasteiger partial charge is 0.433 e. The molecule has 5 nitrogen and oxygen atoms in total. The smallest absolute Gasteiger partial charge is 0.280 e. The first-order valence-corrected chi connectivity index (χ1v) is 7.97. The maximum atomic E-state index is 12.8. The topological polar surface area (TPSA) is 56.9 Å². The Morgan fingerprint density at radius 1 is 1.08 bits per heavy atom. The van der Waals surface area contributed by atoms with Crippen molar-refractivity contribution >= 4 is 34.2 Å². The second-order valence-electron chi connectivity index (χ2n) is 5.55. The predicted molar refractivity (Wildman–Crippen MR) is 91.8 cm³/mol. The molecule has 3 aromatic rings. The van der Waals surface area contributed by atoms with Gasteiger partial charge in [0.2, 0.25) is 0 Å². The molecule has 0 N–H and O–H groups in total. The molecule has 10 heteroatoms. The highest BCUT2D eigenvalue weighted by molar-refractivity contribution is 6.42. The molecule has 0 fully saturated rings. The third-order valence-electron chi connectivity index (χ3n) is 3.80. The van der Waals surface area contributed by atoms with Crippen LogP contribution in [0.2, 0.25) is 10.0 Å². The quantitative estimate of drug-likeness (QED) is 0.658. The fraction of sp³-hybridized carbons (Fsp3) is 0.188. The summed E-state index contributed by atoms with van der Waals surface area (Å²) in [6.45, 7) is -0.112. The molecule has 0 saturated carbocycles. The van der Waals surface area contributed by atoms with Crippen molar-refractivity contribution in [2.75, 3.05) is 0 Å². The third kappa shape index (κ3) is 3.22. The number of aromatic nitrogens is 3. The van der Waals surface area contributed by atoms with Gasteiger partial charge in [-0.05, 0) is 29.8 Å². The van der Waals surface area contributed by atoms with Crippen LogP contribution in [0.1, 0.15) is 11.3 Å². The van der Waals surface area contributed by atoms with Crippen LogP contribution >= 0.6 is 23.2 Å². The van der Waals surface area contributed by atoms with Gasteiger partial charge in [0.15, 0.2) is 0 Å². The van der Waals surface area contributed by atoms with Crippen LogP contribution in [0.25, 0.3) is 11.0 Å². The lowest BCUT2D eigenvalue weighted by molar-refractivity contribution is -0.141. The van der Waals surface area contributed by atoms with Gasteiger partial charge in [0.25, 0.3) is 5.56 Å². The van der Waals surface area contributed by atoms with Gasteiger partial charge >= 0.3 is 11.9 Å². The van der Waals surface area contributed by atoms with Gasteiger partial charge in [0, 0.05) is 7.05 Å². The summed E-state index contributed by atoms with van der Waals surface area (Å²) in [5.41, 5.74) is -2.50. The lowest BCUT2D eigenvalue weighted by Gasteiger charge is -2.12. The van der Waals surface area contributed by atoms with Crippen molar-refractivity contribution in [2.24, 2.45) is 7.05 Å². The minimum Gasteiger partial charge on any atom is -0.280 e. The lowest BCUT2D eigenvalue weighted by atomic mass is 10.2. The number of halogens is 5. The molecule has 1 aromatic carbocycles. The van der Waals surface area contributed by atoms with Crippen molar-refractivity contribution in [3.05, 3.63) is 72.5 Å². The molecule has 0 unspecified atom stereocenters. The van der Waals surface area contributed by atoms with Crippen molar-refractivity contribution in [3.8, 4) is 0 Å². The van der Waals surface area contributed by atoms with E-state index in [9.17, 15) is 22.8 Å². The van der Waals surface area contributed by atoms with Crippen LogP contribution in [-0.4, -0.2) is 14.1 Å². The van der Waals surface area contributed by atoms with Gasteiger partial charge in [0.1, 0.15) is 11.3 Å². The highest BCUT2D eigenvalue weighted by Crippen LogP contribution is 2.28. The number of fused-ring (bicyclic) bond motifs is 1. The zero-order valence-corrected chi connectivity index (χ0v) is 14.7. The number of pyridine rings is 1. The Kier molecular flexibility index (Phi) is 4.58. The normalized spacial score (nSPS) is 11.9. The summed E-state index contributed by atoms with van der Waals surface area (Å²) >= 11 is 11.8. The number of hydrogen-bond acceptors (Lipinski definition) is 3. The number of aryl methyl sites for hydroxylation is 1. The Bertz CT molecular complexity index is 1140. The van der Waals surface area contributed by atoms with Crippen LogP contribution in [0.3, 0.4) is 0 Å². The summed E-state index contributed by atoms with van der Waals surface area (Å²) in [6.07, 6.45) is -4.68. The fourth-order valence-corrected chi connectivity index (χ4v) is 2.81. The van der Waals surface area contributed by atoms with E-state index < -0.39 is 23.1 Å². The van der Waals surface area contributed by atoms with Crippen LogP contribution in [0.15, 0.2) is 39.9 Å². The highest BCUT2D eigenvalue weighted by atomic mass is 35.5. The predicted octanol–water partition coefficient (Wildman–Crippen LogP) is 3.47. The van der Waals surface area contributed by atoms with E-state index in [4.69, 9.17) is 23.2 Å². The molecule has 3 rings (SSSR count). The summed E-state index contributed by atoms with van der Waals surface area (Å²) in [6, 6.07) is 6.34. The number of hydrogen-bond donors (Lipinski definition) is 0. The first-order valence-electron chi connectivity index (χ1n) is 7.21. The van der Waals surface area contributed by atoms with E-state index in [1.165, 1.54) is 19.2 Å². The lowest BCUT2D eigenvalue weighted by Crippen LogP contribution is -2.39. The first-order chi connectivity index (χ1) is 12.1. The van der Waals surface area contributed by atoms with E-state index in [-0.39, 0.29) is 22.6 Å². The average Bonchev–Trinajstić information content (AvgIpc) is 2.58. The Hall–Kier alpha value is -2.32. The molecule has 0 spiro atoms. The van der Waals surface area contributed by atoms with E-state index in [0.717, 1.165) is 15.2 Å². The van der Waals surface area contributed by atoms with E-state index in [0.29, 0.717) is 16.7 Å². The molecule has 136 valence electrons. The number of benzene rings is 1. The molecular formula is C16H10Cl2F3N3O2. The van der Waals surface area contributed by atoms with Crippen molar-refractivity contribution in [1.29, 1.82) is 0 Å². The zero-order valence-electron chi connectivity index (χ0n) is 13.1.